The van der Waals surface area contributed by atoms with Crippen LogP contribution in [0.1, 0.15) is 15.4 Å². The van der Waals surface area contributed by atoms with E-state index in [9.17, 15) is 9.59 Å². The molecule has 0 saturated carbocycles. The van der Waals surface area contributed by atoms with Crippen molar-refractivity contribution in [2.24, 2.45) is 0 Å². The number of carbonyl (C=O) groups is 2. The van der Waals surface area contributed by atoms with Gasteiger partial charge in [0.15, 0.2) is 11.7 Å². The highest BCUT2D eigenvalue weighted by Gasteiger charge is 2.17. The van der Waals surface area contributed by atoms with Crippen LogP contribution in [0.15, 0.2) is 54.6 Å². The van der Waals surface area contributed by atoms with Crippen molar-refractivity contribution in [1.29, 1.82) is 0 Å². The Kier molecular flexibility index (Phi) is 6.23. The Balaban J connectivity index is 1.60. The second-order valence-electron chi connectivity index (χ2n) is 5.77. The molecule has 0 aliphatic rings. The molecule has 7 nitrogen and oxygen atoms in total. The lowest BCUT2D eigenvalue weighted by atomic mass is 10.3. The first-order valence-electron chi connectivity index (χ1n) is 8.45. The number of rotatable bonds is 7. The molecule has 0 aliphatic carbocycles. The number of hydrogen-bond acceptors (Lipinski definition) is 6. The van der Waals surface area contributed by atoms with Gasteiger partial charge in [0.25, 0.3) is 11.8 Å². The summed E-state index contributed by atoms with van der Waals surface area (Å²) < 4.78 is 10.5. The lowest BCUT2D eigenvalue weighted by molar-refractivity contribution is -0.118. The first-order chi connectivity index (χ1) is 13.5. The molecule has 0 atom stereocenters. The number of nitrogens with zero attached hydrogens (tertiary/aromatic N) is 1. The van der Waals surface area contributed by atoms with E-state index in [-0.39, 0.29) is 18.4 Å². The van der Waals surface area contributed by atoms with Gasteiger partial charge in [0.05, 0.1) is 12.8 Å². The van der Waals surface area contributed by atoms with Crippen LogP contribution in [-0.4, -0.2) is 30.5 Å². The molecule has 0 aliphatic heterocycles. The van der Waals surface area contributed by atoms with Gasteiger partial charge in [-0.05, 0) is 31.2 Å². The fourth-order valence-corrected chi connectivity index (χ4v) is 3.25. The number of hydrogen-bond donors (Lipinski definition) is 2. The SMILES string of the molecule is COc1cccc(NC(=O)c2sc(NC(=O)COc3ccccc3)nc2C)c1. The summed E-state index contributed by atoms with van der Waals surface area (Å²) in [6, 6.07) is 16.1. The topological polar surface area (TPSA) is 89.6 Å². The molecule has 28 heavy (non-hydrogen) atoms. The average Bonchev–Trinajstić information content (AvgIpc) is 3.07. The van der Waals surface area contributed by atoms with Crippen molar-refractivity contribution in [2.45, 2.75) is 6.92 Å². The Hall–Kier alpha value is -3.39. The van der Waals surface area contributed by atoms with Crippen LogP contribution >= 0.6 is 11.3 Å². The van der Waals surface area contributed by atoms with Crippen LogP contribution in [-0.2, 0) is 4.79 Å². The van der Waals surface area contributed by atoms with Crippen molar-refractivity contribution >= 4 is 34.0 Å². The number of amides is 2. The number of thiazole rings is 1. The quantitative estimate of drug-likeness (QED) is 0.634. The van der Waals surface area contributed by atoms with Crippen LogP contribution in [0.5, 0.6) is 11.5 Å². The van der Waals surface area contributed by atoms with Crippen molar-refractivity contribution in [2.75, 3.05) is 24.4 Å². The van der Waals surface area contributed by atoms with Gasteiger partial charge in [-0.1, -0.05) is 35.6 Å². The Morgan fingerprint density at radius 2 is 1.79 bits per heavy atom. The van der Waals surface area contributed by atoms with Crippen LogP contribution in [0, 0.1) is 6.92 Å². The summed E-state index contributed by atoms with van der Waals surface area (Å²) in [5.41, 5.74) is 1.14. The minimum atomic E-state index is -0.350. The van der Waals surface area contributed by atoms with E-state index in [0.29, 0.717) is 32.9 Å². The molecule has 0 radical (unpaired) electrons. The van der Waals surface area contributed by atoms with Crippen molar-refractivity contribution < 1.29 is 19.1 Å². The third-order valence-corrected chi connectivity index (χ3v) is 4.76. The molecular formula is C20H19N3O4S. The highest BCUT2D eigenvalue weighted by molar-refractivity contribution is 7.17. The number of aryl methyl sites for hydroxylation is 1. The van der Waals surface area contributed by atoms with Gasteiger partial charge in [0.2, 0.25) is 0 Å². The van der Waals surface area contributed by atoms with E-state index in [0.717, 1.165) is 11.3 Å². The second-order valence-corrected chi connectivity index (χ2v) is 6.77. The molecule has 2 amide bonds. The summed E-state index contributed by atoms with van der Waals surface area (Å²) >= 11 is 1.10. The van der Waals surface area contributed by atoms with E-state index >= 15 is 0 Å². The Morgan fingerprint density at radius 3 is 2.54 bits per heavy atom. The Morgan fingerprint density at radius 1 is 1.04 bits per heavy atom. The first kappa shape index (κ1) is 19.4. The minimum absolute atomic E-state index is 0.145. The maximum atomic E-state index is 12.5. The first-order valence-corrected chi connectivity index (χ1v) is 9.27. The van der Waals surface area contributed by atoms with Gasteiger partial charge in [-0.2, -0.15) is 0 Å². The average molecular weight is 397 g/mol. The number of para-hydroxylation sites is 1. The van der Waals surface area contributed by atoms with E-state index in [2.05, 4.69) is 15.6 Å². The van der Waals surface area contributed by atoms with E-state index < -0.39 is 0 Å². The lowest BCUT2D eigenvalue weighted by Crippen LogP contribution is -2.20. The molecule has 144 valence electrons. The van der Waals surface area contributed by atoms with E-state index in [1.165, 1.54) is 0 Å². The van der Waals surface area contributed by atoms with Crippen molar-refractivity contribution in [3.8, 4) is 11.5 Å². The maximum Gasteiger partial charge on any atom is 0.267 e. The van der Waals surface area contributed by atoms with E-state index in [1.807, 2.05) is 18.2 Å². The van der Waals surface area contributed by atoms with Gasteiger partial charge in [0, 0.05) is 11.8 Å². The number of nitrogens with one attached hydrogen (secondary N) is 2. The zero-order chi connectivity index (χ0) is 19.9. The fourth-order valence-electron chi connectivity index (χ4n) is 2.37. The molecule has 1 heterocycles. The third-order valence-electron chi connectivity index (χ3n) is 3.69. The standard InChI is InChI=1S/C20H19N3O4S/c1-13-18(19(25)22-14-7-6-10-16(11-14)26-2)28-20(21-13)23-17(24)12-27-15-8-4-3-5-9-15/h3-11H,12H2,1-2H3,(H,22,25)(H,21,23,24). The number of anilines is 2. The molecule has 0 unspecified atom stereocenters. The van der Waals surface area contributed by atoms with Crippen LogP contribution in [0.25, 0.3) is 0 Å². The summed E-state index contributed by atoms with van der Waals surface area (Å²) in [5.74, 6) is 0.596. The molecule has 0 saturated heterocycles. The number of benzene rings is 2. The zero-order valence-electron chi connectivity index (χ0n) is 15.4. The predicted molar refractivity (Wildman–Crippen MR) is 108 cm³/mol. The molecule has 3 rings (SSSR count). The van der Waals surface area contributed by atoms with Crippen molar-refractivity contribution in [1.82, 2.24) is 4.98 Å². The molecule has 0 bridgehead atoms. The highest BCUT2D eigenvalue weighted by atomic mass is 32.1. The van der Waals surface area contributed by atoms with Crippen LogP contribution < -0.4 is 20.1 Å². The molecule has 8 heteroatoms. The molecular weight excluding hydrogens is 378 g/mol. The van der Waals surface area contributed by atoms with E-state index in [4.69, 9.17) is 9.47 Å². The van der Waals surface area contributed by atoms with Gasteiger partial charge in [-0.15, -0.1) is 0 Å². The van der Waals surface area contributed by atoms with Crippen molar-refractivity contribution in [3.05, 3.63) is 65.2 Å². The number of methoxy groups -OCH3 is 1. The maximum absolute atomic E-state index is 12.5. The molecule has 0 spiro atoms. The smallest absolute Gasteiger partial charge is 0.267 e. The Labute approximate surface area is 166 Å². The monoisotopic (exact) mass is 397 g/mol. The largest absolute Gasteiger partial charge is 0.497 e. The normalized spacial score (nSPS) is 10.2. The summed E-state index contributed by atoms with van der Waals surface area (Å²) in [6.45, 7) is 1.57. The number of ether oxygens (including phenoxy) is 2. The van der Waals surface area contributed by atoms with Gasteiger partial charge >= 0.3 is 0 Å². The molecule has 2 aromatic carbocycles. The summed E-state index contributed by atoms with van der Waals surface area (Å²) in [4.78, 5) is 29.2. The van der Waals surface area contributed by atoms with Gasteiger partial charge in [-0.25, -0.2) is 4.98 Å². The van der Waals surface area contributed by atoms with Gasteiger partial charge in [0.1, 0.15) is 16.4 Å². The van der Waals surface area contributed by atoms with Crippen molar-refractivity contribution in [3.63, 3.8) is 0 Å². The zero-order valence-corrected chi connectivity index (χ0v) is 16.2. The van der Waals surface area contributed by atoms with Gasteiger partial charge in [-0.3, -0.25) is 14.9 Å². The van der Waals surface area contributed by atoms with Crippen LogP contribution in [0.4, 0.5) is 10.8 Å². The highest BCUT2D eigenvalue weighted by Crippen LogP contribution is 2.24. The number of carbonyl (C=O) groups excluding carboxylic acids is 2. The molecule has 2 N–H and O–H groups in total. The minimum Gasteiger partial charge on any atom is -0.497 e. The Bertz CT molecular complexity index is 973. The summed E-state index contributed by atoms with van der Waals surface area (Å²) in [7, 11) is 1.56. The van der Waals surface area contributed by atoms with E-state index in [1.54, 1.807) is 50.4 Å². The molecule has 0 fully saturated rings. The fraction of sp³-hybridized carbons (Fsp3) is 0.150. The summed E-state index contributed by atoms with van der Waals surface area (Å²) in [5, 5.41) is 5.80. The molecule has 3 aromatic rings. The molecule has 1 aromatic heterocycles. The number of aromatic nitrogens is 1. The van der Waals surface area contributed by atoms with Gasteiger partial charge < -0.3 is 14.8 Å². The van der Waals surface area contributed by atoms with Crippen LogP contribution in [0.3, 0.4) is 0 Å². The predicted octanol–water partition coefficient (Wildman–Crippen LogP) is 3.73. The second kappa shape index (κ2) is 9.01. The lowest BCUT2D eigenvalue weighted by Gasteiger charge is -2.06. The van der Waals surface area contributed by atoms with Crippen LogP contribution in [0.2, 0.25) is 0 Å². The third kappa shape index (κ3) is 5.08. The summed E-state index contributed by atoms with van der Waals surface area (Å²) in [6.07, 6.45) is 0.